The summed E-state index contributed by atoms with van der Waals surface area (Å²) in [5.41, 5.74) is 4.29. The number of ether oxygens (including phenoxy) is 2. The Balaban J connectivity index is 1.37. The smallest absolute Gasteiger partial charge is 0.229 e. The molecular formula is C24H29N5O3. The molecule has 5 rings (SSSR count). The van der Waals surface area contributed by atoms with Gasteiger partial charge >= 0.3 is 0 Å². The molecular weight excluding hydrogens is 406 g/mol. The molecule has 0 radical (unpaired) electrons. The Kier molecular flexibility index (Phi) is 5.59. The van der Waals surface area contributed by atoms with Gasteiger partial charge in [0.1, 0.15) is 17.0 Å². The zero-order valence-electron chi connectivity index (χ0n) is 18.6. The molecule has 2 aliphatic rings. The lowest BCUT2D eigenvalue weighted by Crippen LogP contribution is -2.41. The molecule has 8 nitrogen and oxygen atoms in total. The van der Waals surface area contributed by atoms with Crippen LogP contribution in [-0.2, 0) is 17.6 Å². The van der Waals surface area contributed by atoms with E-state index in [0.717, 1.165) is 43.6 Å². The average Bonchev–Trinajstić information content (AvgIpc) is 3.23. The van der Waals surface area contributed by atoms with E-state index in [1.807, 2.05) is 29.0 Å². The van der Waals surface area contributed by atoms with Crippen molar-refractivity contribution in [2.45, 2.75) is 38.5 Å². The number of rotatable bonds is 5. The minimum Gasteiger partial charge on any atom is -0.497 e. The highest BCUT2D eigenvalue weighted by molar-refractivity contribution is 5.94. The Bertz CT molecular complexity index is 1140. The molecule has 3 heterocycles. The van der Waals surface area contributed by atoms with Crippen LogP contribution in [-0.4, -0.2) is 47.8 Å². The Morgan fingerprint density at radius 2 is 2.03 bits per heavy atom. The number of aromatic nitrogens is 3. The maximum atomic E-state index is 13.2. The highest BCUT2D eigenvalue weighted by Gasteiger charge is 2.30. The maximum Gasteiger partial charge on any atom is 0.229 e. The van der Waals surface area contributed by atoms with Crippen molar-refractivity contribution in [1.82, 2.24) is 14.6 Å². The summed E-state index contributed by atoms with van der Waals surface area (Å²) in [5.74, 6) is 2.09. The van der Waals surface area contributed by atoms with Gasteiger partial charge < -0.3 is 19.7 Å². The third-order valence-electron chi connectivity index (χ3n) is 6.56. The van der Waals surface area contributed by atoms with Crippen molar-refractivity contribution in [1.29, 1.82) is 0 Å². The number of piperidine rings is 1. The molecule has 1 N–H and O–H groups in total. The molecule has 0 spiro atoms. The summed E-state index contributed by atoms with van der Waals surface area (Å²) >= 11 is 0. The van der Waals surface area contributed by atoms with Crippen molar-refractivity contribution in [3.63, 3.8) is 0 Å². The largest absolute Gasteiger partial charge is 0.497 e. The normalized spacial score (nSPS) is 18.3. The number of nitrogens with zero attached hydrogens (tertiary/aromatic N) is 4. The molecule has 1 atom stereocenters. The van der Waals surface area contributed by atoms with Crippen LogP contribution in [0.2, 0.25) is 0 Å². The van der Waals surface area contributed by atoms with Crippen molar-refractivity contribution in [2.75, 3.05) is 37.5 Å². The number of benzene rings is 1. The highest BCUT2D eigenvalue weighted by Crippen LogP contribution is 2.33. The molecule has 1 saturated heterocycles. The van der Waals surface area contributed by atoms with E-state index in [1.54, 1.807) is 20.3 Å². The third-order valence-corrected chi connectivity index (χ3v) is 6.56. The molecule has 1 aliphatic heterocycles. The third kappa shape index (κ3) is 3.74. The molecule has 8 heteroatoms. The fourth-order valence-corrected chi connectivity index (χ4v) is 4.90. The second-order valence-corrected chi connectivity index (χ2v) is 8.52. The molecule has 2 aromatic heterocycles. The van der Waals surface area contributed by atoms with E-state index in [-0.39, 0.29) is 11.8 Å². The lowest BCUT2D eigenvalue weighted by atomic mass is 9.95. The summed E-state index contributed by atoms with van der Waals surface area (Å²) in [4.78, 5) is 20.1. The summed E-state index contributed by atoms with van der Waals surface area (Å²) < 4.78 is 12.7. The van der Waals surface area contributed by atoms with E-state index in [2.05, 4.69) is 10.2 Å². The molecule has 1 aromatic carbocycles. The fourth-order valence-electron chi connectivity index (χ4n) is 4.90. The SMILES string of the molecule is COc1ccc(NC(=O)[C@H]2CCCN(c3nccn4nc5c(c34)CCCC5)C2)c(OC)c1. The van der Waals surface area contributed by atoms with E-state index in [4.69, 9.17) is 19.6 Å². The highest BCUT2D eigenvalue weighted by atomic mass is 16.5. The number of fused-ring (bicyclic) bond motifs is 3. The predicted octanol–water partition coefficient (Wildman–Crippen LogP) is 3.48. The maximum absolute atomic E-state index is 13.2. The van der Waals surface area contributed by atoms with Gasteiger partial charge in [0.15, 0.2) is 5.82 Å². The number of carbonyl (C=O) groups excluding carboxylic acids is 1. The molecule has 0 unspecified atom stereocenters. The number of methoxy groups -OCH3 is 2. The van der Waals surface area contributed by atoms with Gasteiger partial charge in [-0.25, -0.2) is 9.50 Å². The van der Waals surface area contributed by atoms with Gasteiger partial charge in [-0.15, -0.1) is 0 Å². The summed E-state index contributed by atoms with van der Waals surface area (Å²) in [6, 6.07) is 5.41. The number of amides is 1. The van der Waals surface area contributed by atoms with E-state index in [1.165, 1.54) is 24.1 Å². The van der Waals surface area contributed by atoms with Gasteiger partial charge in [0.25, 0.3) is 0 Å². The molecule has 1 aliphatic carbocycles. The predicted molar refractivity (Wildman–Crippen MR) is 123 cm³/mol. The van der Waals surface area contributed by atoms with Crippen LogP contribution in [0.15, 0.2) is 30.6 Å². The number of anilines is 2. The minimum atomic E-state index is -0.128. The first-order valence-corrected chi connectivity index (χ1v) is 11.3. The first-order valence-electron chi connectivity index (χ1n) is 11.3. The first kappa shape index (κ1) is 20.6. The number of hydrogen-bond acceptors (Lipinski definition) is 6. The van der Waals surface area contributed by atoms with Gasteiger partial charge in [-0.1, -0.05) is 0 Å². The van der Waals surface area contributed by atoms with Crippen molar-refractivity contribution >= 4 is 22.9 Å². The second kappa shape index (κ2) is 8.68. The number of nitrogens with one attached hydrogen (secondary N) is 1. The van der Waals surface area contributed by atoms with Gasteiger partial charge in [-0.05, 0) is 50.7 Å². The Labute approximate surface area is 187 Å². The standard InChI is InChI=1S/C24H29N5O3/c1-31-17-9-10-20(21(14-17)32-2)26-24(30)16-6-5-12-28(15-16)23-22-18-7-3-4-8-19(18)27-29(22)13-11-25-23/h9-11,13-14,16H,3-8,12,15H2,1-2H3,(H,26,30)/t16-/m0/s1. The Hall–Kier alpha value is -3.29. The van der Waals surface area contributed by atoms with Crippen molar-refractivity contribution in [3.8, 4) is 11.5 Å². The zero-order chi connectivity index (χ0) is 22.1. The van der Waals surface area contributed by atoms with Crippen molar-refractivity contribution < 1.29 is 14.3 Å². The fraction of sp³-hybridized carbons (Fsp3) is 0.458. The summed E-state index contributed by atoms with van der Waals surface area (Å²) in [5, 5.41) is 7.85. The van der Waals surface area contributed by atoms with Gasteiger partial charge in [0, 0.05) is 37.1 Å². The summed E-state index contributed by atoms with van der Waals surface area (Å²) in [6.45, 7) is 1.53. The molecule has 0 saturated carbocycles. The molecule has 0 bridgehead atoms. The average molecular weight is 436 g/mol. The van der Waals surface area contributed by atoms with E-state index in [0.29, 0.717) is 23.7 Å². The summed E-state index contributed by atoms with van der Waals surface area (Å²) in [6.07, 6.45) is 10.0. The van der Waals surface area contributed by atoms with Gasteiger partial charge in [0.05, 0.1) is 31.5 Å². The molecule has 1 fully saturated rings. The van der Waals surface area contributed by atoms with Gasteiger partial charge in [-0.3, -0.25) is 4.79 Å². The Morgan fingerprint density at radius 1 is 1.16 bits per heavy atom. The topological polar surface area (TPSA) is 81.0 Å². The van der Waals surface area contributed by atoms with Crippen LogP contribution in [0.4, 0.5) is 11.5 Å². The van der Waals surface area contributed by atoms with Crippen LogP contribution in [0.5, 0.6) is 11.5 Å². The van der Waals surface area contributed by atoms with Gasteiger partial charge in [-0.2, -0.15) is 5.10 Å². The van der Waals surface area contributed by atoms with Crippen LogP contribution in [0.25, 0.3) is 5.52 Å². The van der Waals surface area contributed by atoms with E-state index in [9.17, 15) is 4.79 Å². The van der Waals surface area contributed by atoms with Crippen LogP contribution in [0.1, 0.15) is 36.9 Å². The molecule has 3 aromatic rings. The van der Waals surface area contributed by atoms with Crippen LogP contribution in [0, 0.1) is 5.92 Å². The number of carbonyl (C=O) groups is 1. The number of aryl methyl sites for hydroxylation is 2. The number of hydrogen-bond donors (Lipinski definition) is 1. The van der Waals surface area contributed by atoms with E-state index >= 15 is 0 Å². The van der Waals surface area contributed by atoms with Crippen LogP contribution < -0.4 is 19.7 Å². The summed E-state index contributed by atoms with van der Waals surface area (Å²) in [7, 11) is 3.20. The Morgan fingerprint density at radius 3 is 2.88 bits per heavy atom. The monoisotopic (exact) mass is 435 g/mol. The second-order valence-electron chi connectivity index (χ2n) is 8.52. The zero-order valence-corrected chi connectivity index (χ0v) is 18.6. The molecule has 168 valence electrons. The lowest BCUT2D eigenvalue weighted by molar-refractivity contribution is -0.120. The minimum absolute atomic E-state index is 0.000606. The molecule has 32 heavy (non-hydrogen) atoms. The molecule has 1 amide bonds. The van der Waals surface area contributed by atoms with Crippen molar-refractivity contribution in [2.24, 2.45) is 5.92 Å². The van der Waals surface area contributed by atoms with Gasteiger partial charge in [0.2, 0.25) is 5.91 Å². The van der Waals surface area contributed by atoms with Crippen LogP contribution in [0.3, 0.4) is 0 Å². The van der Waals surface area contributed by atoms with E-state index < -0.39 is 0 Å². The first-order chi connectivity index (χ1) is 15.7. The lowest BCUT2D eigenvalue weighted by Gasteiger charge is -2.33. The van der Waals surface area contributed by atoms with Crippen molar-refractivity contribution in [3.05, 3.63) is 41.9 Å². The quantitative estimate of drug-likeness (QED) is 0.661. The van der Waals surface area contributed by atoms with Crippen LogP contribution >= 0.6 is 0 Å².